The van der Waals surface area contributed by atoms with Crippen LogP contribution in [0, 0.1) is 24.5 Å². The lowest BCUT2D eigenvalue weighted by Crippen LogP contribution is -2.33. The van der Waals surface area contributed by atoms with Crippen LogP contribution in [-0.2, 0) is 9.53 Å². The van der Waals surface area contributed by atoms with Crippen molar-refractivity contribution >= 4 is 17.5 Å². The number of carbonyl (C=O) groups is 2. The van der Waals surface area contributed by atoms with Gasteiger partial charge in [-0.15, -0.1) is 0 Å². The number of nitrogens with two attached hydrogens (primary N) is 1. The molecule has 3 rings (SSSR count). The zero-order valence-electron chi connectivity index (χ0n) is 18.0. The summed E-state index contributed by atoms with van der Waals surface area (Å²) in [5.41, 5.74) is 5.86. The molecule has 2 aromatic rings. The molecular formula is C22H25F2N3O4. The van der Waals surface area contributed by atoms with Crippen LogP contribution in [0.5, 0.6) is 5.75 Å². The van der Waals surface area contributed by atoms with Crippen molar-refractivity contribution in [3.8, 4) is 5.75 Å². The Morgan fingerprint density at radius 2 is 1.97 bits per heavy atom. The van der Waals surface area contributed by atoms with Crippen LogP contribution in [0.1, 0.15) is 48.3 Å². The summed E-state index contributed by atoms with van der Waals surface area (Å²) < 4.78 is 39.3. The monoisotopic (exact) mass is 433 g/mol. The van der Waals surface area contributed by atoms with Crippen molar-refractivity contribution in [2.75, 3.05) is 12.4 Å². The second-order valence-corrected chi connectivity index (χ2v) is 8.18. The summed E-state index contributed by atoms with van der Waals surface area (Å²) in [6.07, 6.45) is 0.404. The Bertz CT molecular complexity index is 1040. The van der Waals surface area contributed by atoms with Crippen LogP contribution in [0.4, 0.5) is 14.5 Å². The molecule has 3 N–H and O–H groups in total. The molecule has 0 radical (unpaired) electrons. The highest BCUT2D eigenvalue weighted by Gasteiger charge is 2.51. The second kappa shape index (κ2) is 8.22. The van der Waals surface area contributed by atoms with Crippen molar-refractivity contribution in [1.82, 2.24) is 4.98 Å². The van der Waals surface area contributed by atoms with E-state index in [0.717, 1.165) is 6.07 Å². The summed E-state index contributed by atoms with van der Waals surface area (Å²) in [6.45, 7) is 7.24. The van der Waals surface area contributed by atoms with Crippen molar-refractivity contribution in [2.45, 2.75) is 45.3 Å². The smallest absolute Gasteiger partial charge is 0.267 e. The molecule has 2 amide bonds. The van der Waals surface area contributed by atoms with Crippen molar-refractivity contribution in [3.63, 3.8) is 0 Å². The SMILES string of the molecule is COc1c([C@H]2[C@H](C(=O)Nc3cc(C(N)=O)ncc3C)OC(C)(C)[C@H]2C)ccc(F)c1F. The van der Waals surface area contributed by atoms with E-state index in [0.29, 0.717) is 16.8 Å². The molecule has 1 aromatic carbocycles. The standard InChI is InChI=1S/C22H25F2N3O4/c1-10-9-26-15(20(25)28)8-14(10)27-21(29)19-16(11(2)22(3,4)31-19)12-6-7-13(23)17(24)18(12)30-5/h6-9,11,16,19H,1-5H3,(H2,25,28)(H,26,27,29)/t11-,16-,19+/m0/s1. The van der Waals surface area contributed by atoms with Crippen molar-refractivity contribution in [1.29, 1.82) is 0 Å². The summed E-state index contributed by atoms with van der Waals surface area (Å²) in [4.78, 5) is 28.6. The van der Waals surface area contributed by atoms with Gasteiger partial charge >= 0.3 is 0 Å². The Morgan fingerprint density at radius 1 is 1.29 bits per heavy atom. The highest BCUT2D eigenvalue weighted by molar-refractivity contribution is 5.98. The van der Waals surface area contributed by atoms with Gasteiger partial charge in [0.1, 0.15) is 11.8 Å². The molecule has 0 saturated carbocycles. The number of carbonyl (C=O) groups excluding carboxylic acids is 2. The fraction of sp³-hybridized carbons (Fsp3) is 0.409. The lowest BCUT2D eigenvalue weighted by molar-refractivity contribution is -0.131. The lowest BCUT2D eigenvalue weighted by Gasteiger charge is -2.25. The fourth-order valence-electron chi connectivity index (χ4n) is 3.87. The number of primary amides is 1. The van der Waals surface area contributed by atoms with E-state index < -0.39 is 41.1 Å². The van der Waals surface area contributed by atoms with Crippen LogP contribution in [0.2, 0.25) is 0 Å². The number of pyridine rings is 1. The summed E-state index contributed by atoms with van der Waals surface area (Å²) in [7, 11) is 1.24. The molecule has 9 heteroatoms. The Hall–Kier alpha value is -3.07. The maximum absolute atomic E-state index is 14.4. The largest absolute Gasteiger partial charge is 0.493 e. The number of amides is 2. The van der Waals surface area contributed by atoms with Crippen LogP contribution in [0.3, 0.4) is 0 Å². The number of nitrogens with zero attached hydrogens (tertiary/aromatic N) is 1. The van der Waals surface area contributed by atoms with E-state index in [2.05, 4.69) is 10.3 Å². The topological polar surface area (TPSA) is 104 Å². The minimum absolute atomic E-state index is 0.000707. The first kappa shape index (κ1) is 22.6. The molecule has 1 saturated heterocycles. The third-order valence-corrected chi connectivity index (χ3v) is 5.91. The number of aromatic nitrogens is 1. The van der Waals surface area contributed by atoms with E-state index in [9.17, 15) is 18.4 Å². The van der Waals surface area contributed by atoms with Gasteiger partial charge in [0.2, 0.25) is 5.82 Å². The number of aryl methyl sites for hydroxylation is 1. The molecule has 0 unspecified atom stereocenters. The number of ether oxygens (including phenoxy) is 2. The zero-order chi connectivity index (χ0) is 23.1. The minimum Gasteiger partial charge on any atom is -0.493 e. The summed E-state index contributed by atoms with van der Waals surface area (Å²) in [5, 5.41) is 2.75. The van der Waals surface area contributed by atoms with E-state index in [-0.39, 0.29) is 17.4 Å². The average Bonchev–Trinajstić information content (AvgIpc) is 2.95. The van der Waals surface area contributed by atoms with Gasteiger partial charge in [-0.05, 0) is 44.4 Å². The average molecular weight is 433 g/mol. The predicted octanol–water partition coefficient (Wildman–Crippen LogP) is 3.31. The van der Waals surface area contributed by atoms with Crippen LogP contribution in [0.15, 0.2) is 24.4 Å². The number of halogens is 2. The normalized spacial score (nSPS) is 22.2. The van der Waals surface area contributed by atoms with Gasteiger partial charge in [0.05, 0.1) is 12.7 Å². The first-order valence-corrected chi connectivity index (χ1v) is 9.75. The van der Waals surface area contributed by atoms with Crippen molar-refractivity contribution in [2.24, 2.45) is 11.7 Å². The zero-order valence-corrected chi connectivity index (χ0v) is 18.0. The highest BCUT2D eigenvalue weighted by Crippen LogP contribution is 2.49. The Balaban J connectivity index is 2.02. The molecule has 3 atom stereocenters. The van der Waals surface area contributed by atoms with Crippen LogP contribution < -0.4 is 15.8 Å². The molecule has 0 spiro atoms. The van der Waals surface area contributed by atoms with E-state index in [1.165, 1.54) is 25.4 Å². The molecule has 1 aromatic heterocycles. The highest BCUT2D eigenvalue weighted by atomic mass is 19.2. The molecule has 1 aliphatic heterocycles. The molecular weight excluding hydrogens is 408 g/mol. The van der Waals surface area contributed by atoms with E-state index in [4.69, 9.17) is 15.2 Å². The maximum atomic E-state index is 14.4. The number of nitrogens with one attached hydrogen (secondary N) is 1. The number of rotatable bonds is 5. The van der Waals surface area contributed by atoms with Crippen LogP contribution >= 0.6 is 0 Å². The summed E-state index contributed by atoms with van der Waals surface area (Å²) >= 11 is 0. The van der Waals surface area contributed by atoms with Gasteiger partial charge in [-0.2, -0.15) is 4.39 Å². The van der Waals surface area contributed by atoms with E-state index >= 15 is 0 Å². The Labute approximate surface area is 178 Å². The molecule has 166 valence electrons. The minimum atomic E-state index is -1.12. The first-order valence-electron chi connectivity index (χ1n) is 9.75. The molecule has 7 nitrogen and oxygen atoms in total. The van der Waals surface area contributed by atoms with E-state index in [1.54, 1.807) is 6.92 Å². The maximum Gasteiger partial charge on any atom is 0.267 e. The first-order chi connectivity index (χ1) is 14.5. The van der Waals surface area contributed by atoms with Crippen molar-refractivity contribution < 1.29 is 27.8 Å². The van der Waals surface area contributed by atoms with Crippen LogP contribution in [0.25, 0.3) is 0 Å². The number of anilines is 1. The van der Waals surface area contributed by atoms with Gasteiger partial charge in [0, 0.05) is 23.4 Å². The van der Waals surface area contributed by atoms with Gasteiger partial charge in [-0.1, -0.05) is 13.0 Å². The lowest BCUT2D eigenvalue weighted by atomic mass is 9.78. The van der Waals surface area contributed by atoms with Gasteiger partial charge in [-0.25, -0.2) is 4.39 Å². The molecule has 0 aliphatic carbocycles. The molecule has 0 bridgehead atoms. The second-order valence-electron chi connectivity index (χ2n) is 8.18. The quantitative estimate of drug-likeness (QED) is 0.753. The molecule has 31 heavy (non-hydrogen) atoms. The fourth-order valence-corrected chi connectivity index (χ4v) is 3.87. The van der Waals surface area contributed by atoms with Gasteiger partial charge in [0.15, 0.2) is 11.6 Å². The van der Waals surface area contributed by atoms with E-state index in [1.807, 2.05) is 20.8 Å². The van der Waals surface area contributed by atoms with Crippen molar-refractivity contribution in [3.05, 3.63) is 52.9 Å². The molecule has 2 heterocycles. The predicted molar refractivity (Wildman–Crippen MR) is 110 cm³/mol. The molecule has 1 fully saturated rings. The third-order valence-electron chi connectivity index (χ3n) is 5.91. The number of methoxy groups -OCH3 is 1. The summed E-state index contributed by atoms with van der Waals surface area (Å²) in [6, 6.07) is 3.80. The Morgan fingerprint density at radius 3 is 2.58 bits per heavy atom. The third kappa shape index (κ3) is 4.10. The van der Waals surface area contributed by atoms with Gasteiger partial charge < -0.3 is 20.5 Å². The molecule has 1 aliphatic rings. The Kier molecular flexibility index (Phi) is 6.00. The number of benzene rings is 1. The van der Waals surface area contributed by atoms with Gasteiger partial charge in [-0.3, -0.25) is 14.6 Å². The van der Waals surface area contributed by atoms with Crippen LogP contribution in [-0.4, -0.2) is 35.6 Å². The number of hydrogen-bond acceptors (Lipinski definition) is 5. The number of hydrogen-bond donors (Lipinski definition) is 2. The van der Waals surface area contributed by atoms with Gasteiger partial charge in [0.25, 0.3) is 11.8 Å². The summed E-state index contributed by atoms with van der Waals surface area (Å²) in [5.74, 6) is -4.50.